The highest BCUT2D eigenvalue weighted by atomic mass is 79.9. The maximum absolute atomic E-state index is 12.4. The highest BCUT2D eigenvalue weighted by Gasteiger charge is 2.13. The number of halogens is 1. The molecule has 1 aromatic heterocycles. The van der Waals surface area contributed by atoms with Crippen LogP contribution in [0, 0.1) is 0 Å². The van der Waals surface area contributed by atoms with Gasteiger partial charge in [0.2, 0.25) is 0 Å². The molecule has 7 nitrogen and oxygen atoms in total. The van der Waals surface area contributed by atoms with Crippen LogP contribution in [0.5, 0.6) is 0 Å². The van der Waals surface area contributed by atoms with E-state index in [2.05, 4.69) is 36.0 Å². The van der Waals surface area contributed by atoms with Crippen molar-refractivity contribution in [2.24, 2.45) is 5.10 Å². The molecule has 0 unspecified atom stereocenters. The Bertz CT molecular complexity index is 982. The van der Waals surface area contributed by atoms with E-state index in [1.54, 1.807) is 36.4 Å². The molecule has 3 aromatic rings. The Kier molecular flexibility index (Phi) is 4.95. The van der Waals surface area contributed by atoms with E-state index in [-0.39, 0.29) is 4.90 Å². The van der Waals surface area contributed by atoms with Gasteiger partial charge in [-0.25, -0.2) is 13.1 Å². The smallest absolute Gasteiger partial charge is 0.261 e. The van der Waals surface area contributed by atoms with E-state index in [1.807, 2.05) is 6.92 Å². The number of aromatic nitrogens is 3. The Hall–Kier alpha value is -2.52. The van der Waals surface area contributed by atoms with Gasteiger partial charge in [-0.3, -0.25) is 4.72 Å². The molecule has 0 saturated heterocycles. The van der Waals surface area contributed by atoms with Gasteiger partial charge in [-0.1, -0.05) is 28.1 Å². The third-order valence-corrected chi connectivity index (χ3v) is 5.28. The van der Waals surface area contributed by atoms with Crippen LogP contribution in [0.3, 0.4) is 0 Å². The maximum Gasteiger partial charge on any atom is 0.261 e. The first kappa shape index (κ1) is 17.3. The molecule has 0 aliphatic heterocycles. The van der Waals surface area contributed by atoms with E-state index in [0.717, 1.165) is 15.7 Å². The third-order valence-electron chi connectivity index (χ3n) is 3.35. The van der Waals surface area contributed by atoms with E-state index in [4.69, 9.17) is 0 Å². The molecule has 0 aliphatic carbocycles. The Morgan fingerprint density at radius 3 is 2.24 bits per heavy atom. The molecule has 128 valence electrons. The average molecular weight is 420 g/mol. The van der Waals surface area contributed by atoms with Crippen LogP contribution >= 0.6 is 15.9 Å². The second-order valence-electron chi connectivity index (χ2n) is 5.16. The summed E-state index contributed by atoms with van der Waals surface area (Å²) < 4.78 is 29.6. The normalized spacial score (nSPS) is 12.2. The molecule has 0 fully saturated rings. The van der Waals surface area contributed by atoms with Crippen molar-refractivity contribution in [2.45, 2.75) is 11.8 Å². The summed E-state index contributed by atoms with van der Waals surface area (Å²) in [6.07, 6.45) is 2.98. The molecular weight excluding hydrogens is 406 g/mol. The Labute approximate surface area is 153 Å². The lowest BCUT2D eigenvalue weighted by Crippen LogP contribution is -2.12. The van der Waals surface area contributed by atoms with Crippen molar-refractivity contribution in [1.29, 1.82) is 0 Å². The molecule has 2 aromatic carbocycles. The molecule has 0 saturated carbocycles. The highest BCUT2D eigenvalue weighted by Crippen LogP contribution is 2.19. The lowest BCUT2D eigenvalue weighted by molar-refractivity contribution is 0.601. The lowest BCUT2D eigenvalue weighted by atomic mass is 10.1. The lowest BCUT2D eigenvalue weighted by Gasteiger charge is -2.09. The van der Waals surface area contributed by atoms with Gasteiger partial charge >= 0.3 is 0 Å². The third kappa shape index (κ3) is 4.31. The standard InChI is InChI=1S/C16H14BrN5O2S/c1-12(20-22-10-18-19-11-22)13-2-6-15(7-3-13)21-25(23,24)16-8-4-14(17)5-9-16/h2-11,21H,1H3/b20-12-. The molecule has 0 bridgehead atoms. The first-order valence-corrected chi connectivity index (χ1v) is 9.51. The van der Waals surface area contributed by atoms with E-state index in [0.29, 0.717) is 5.69 Å². The quantitative estimate of drug-likeness (QED) is 0.643. The van der Waals surface area contributed by atoms with Gasteiger partial charge in [-0.2, -0.15) is 5.10 Å². The molecule has 9 heteroatoms. The topological polar surface area (TPSA) is 89.2 Å². The number of nitrogens with one attached hydrogen (secondary N) is 1. The summed E-state index contributed by atoms with van der Waals surface area (Å²) in [4.78, 5) is 0.199. The van der Waals surface area contributed by atoms with Crippen LogP contribution in [-0.2, 0) is 10.0 Å². The van der Waals surface area contributed by atoms with Crippen LogP contribution in [0.15, 0.2) is 75.7 Å². The molecule has 0 spiro atoms. The molecule has 0 atom stereocenters. The van der Waals surface area contributed by atoms with E-state index < -0.39 is 10.0 Å². The van der Waals surface area contributed by atoms with E-state index in [9.17, 15) is 8.42 Å². The number of sulfonamides is 1. The number of rotatable bonds is 5. The molecule has 0 radical (unpaired) electrons. The summed E-state index contributed by atoms with van der Waals surface area (Å²) >= 11 is 3.29. The zero-order valence-electron chi connectivity index (χ0n) is 13.2. The van der Waals surface area contributed by atoms with Crippen molar-refractivity contribution in [3.63, 3.8) is 0 Å². The molecule has 0 aliphatic rings. The van der Waals surface area contributed by atoms with Gasteiger partial charge in [0, 0.05) is 10.2 Å². The summed E-state index contributed by atoms with van der Waals surface area (Å²) in [5.41, 5.74) is 2.09. The Morgan fingerprint density at radius 2 is 1.64 bits per heavy atom. The fourth-order valence-corrected chi connectivity index (χ4v) is 3.41. The minimum Gasteiger partial charge on any atom is -0.280 e. The zero-order chi connectivity index (χ0) is 17.9. The monoisotopic (exact) mass is 419 g/mol. The van der Waals surface area contributed by atoms with E-state index >= 15 is 0 Å². The van der Waals surface area contributed by atoms with Gasteiger partial charge in [-0.15, -0.1) is 10.2 Å². The largest absolute Gasteiger partial charge is 0.280 e. The van der Waals surface area contributed by atoms with Crippen LogP contribution < -0.4 is 4.72 Å². The molecule has 25 heavy (non-hydrogen) atoms. The fraction of sp³-hybridized carbons (Fsp3) is 0.0625. The van der Waals surface area contributed by atoms with Crippen molar-refractivity contribution < 1.29 is 8.42 Å². The van der Waals surface area contributed by atoms with Crippen molar-refractivity contribution in [1.82, 2.24) is 14.9 Å². The van der Waals surface area contributed by atoms with Gasteiger partial charge in [0.25, 0.3) is 10.0 Å². The Balaban J connectivity index is 1.77. The van der Waals surface area contributed by atoms with Crippen molar-refractivity contribution in [3.8, 4) is 0 Å². The summed E-state index contributed by atoms with van der Waals surface area (Å²) in [5.74, 6) is 0. The number of nitrogens with zero attached hydrogens (tertiary/aromatic N) is 4. The molecular formula is C16H14BrN5O2S. The second-order valence-corrected chi connectivity index (χ2v) is 7.76. The summed E-state index contributed by atoms with van der Waals surface area (Å²) in [6, 6.07) is 13.4. The SMILES string of the molecule is C/C(=N/n1cnnc1)c1ccc(NS(=O)(=O)c2ccc(Br)cc2)cc1. The van der Waals surface area contributed by atoms with Crippen molar-refractivity contribution in [2.75, 3.05) is 4.72 Å². The van der Waals surface area contributed by atoms with Crippen LogP contribution in [0.1, 0.15) is 12.5 Å². The first-order valence-electron chi connectivity index (χ1n) is 7.23. The molecule has 0 amide bonds. The van der Waals surface area contributed by atoms with E-state index in [1.165, 1.54) is 29.5 Å². The highest BCUT2D eigenvalue weighted by molar-refractivity contribution is 9.10. The molecule has 1 N–H and O–H groups in total. The summed E-state index contributed by atoms with van der Waals surface area (Å²) in [6.45, 7) is 1.85. The van der Waals surface area contributed by atoms with Gasteiger partial charge < -0.3 is 0 Å². The Morgan fingerprint density at radius 1 is 1.04 bits per heavy atom. The van der Waals surface area contributed by atoms with Crippen LogP contribution in [-0.4, -0.2) is 29.0 Å². The van der Waals surface area contributed by atoms with Gasteiger partial charge in [0.15, 0.2) is 0 Å². The predicted octanol–water partition coefficient (Wildman–Crippen LogP) is 3.11. The minimum atomic E-state index is -3.63. The molecule has 1 heterocycles. The predicted molar refractivity (Wildman–Crippen MR) is 99.0 cm³/mol. The summed E-state index contributed by atoms with van der Waals surface area (Å²) in [5, 5.41) is 11.7. The van der Waals surface area contributed by atoms with Crippen LogP contribution in [0.2, 0.25) is 0 Å². The zero-order valence-corrected chi connectivity index (χ0v) is 15.6. The van der Waals surface area contributed by atoms with Crippen molar-refractivity contribution in [3.05, 3.63) is 71.2 Å². The van der Waals surface area contributed by atoms with Gasteiger partial charge in [0.05, 0.1) is 10.6 Å². The van der Waals surface area contributed by atoms with Crippen LogP contribution in [0.25, 0.3) is 0 Å². The first-order chi connectivity index (χ1) is 11.9. The van der Waals surface area contributed by atoms with Gasteiger partial charge in [-0.05, 0) is 48.9 Å². The van der Waals surface area contributed by atoms with Gasteiger partial charge in [0.1, 0.15) is 12.7 Å². The number of hydrogen-bond donors (Lipinski definition) is 1. The summed E-state index contributed by atoms with van der Waals surface area (Å²) in [7, 11) is -3.63. The average Bonchev–Trinajstić information content (AvgIpc) is 3.08. The van der Waals surface area contributed by atoms with Crippen LogP contribution in [0.4, 0.5) is 5.69 Å². The second kappa shape index (κ2) is 7.16. The molecule has 3 rings (SSSR count). The number of anilines is 1. The van der Waals surface area contributed by atoms with Crippen molar-refractivity contribution >= 4 is 37.4 Å². The number of hydrogen-bond acceptors (Lipinski definition) is 5. The maximum atomic E-state index is 12.4. The minimum absolute atomic E-state index is 0.199. The fourth-order valence-electron chi connectivity index (χ4n) is 2.09. The number of benzene rings is 2.